The summed E-state index contributed by atoms with van der Waals surface area (Å²) in [6.07, 6.45) is 1.79. The number of pyridine rings is 2. The highest BCUT2D eigenvalue weighted by Gasteiger charge is 2.45. The summed E-state index contributed by atoms with van der Waals surface area (Å²) in [5, 5.41) is 24.4. The Hall–Kier alpha value is -2.16. The molecule has 1 aliphatic heterocycles. The second kappa shape index (κ2) is 9.14. The van der Waals surface area contributed by atoms with Crippen LogP contribution in [0, 0.1) is 0 Å². The molecule has 2 aromatic heterocycles. The quantitative estimate of drug-likeness (QED) is 0.652. The van der Waals surface area contributed by atoms with E-state index in [9.17, 15) is 15.0 Å². The molecule has 0 saturated carbocycles. The molecule has 3 heterocycles. The largest absolute Gasteiger partial charge is 0.530 e. The number of halogens is 1. The van der Waals surface area contributed by atoms with Gasteiger partial charge in [0.1, 0.15) is 6.09 Å². The number of aromatic nitrogens is 2. The van der Waals surface area contributed by atoms with E-state index < -0.39 is 6.09 Å². The highest BCUT2D eigenvalue weighted by Crippen LogP contribution is 2.38. The summed E-state index contributed by atoms with van der Waals surface area (Å²) in [5.74, 6) is 0.200. The van der Waals surface area contributed by atoms with Gasteiger partial charge in [0, 0.05) is 36.7 Å². The van der Waals surface area contributed by atoms with Crippen LogP contribution in [-0.2, 0) is 0 Å². The first-order chi connectivity index (χ1) is 14.6. The lowest BCUT2D eigenvalue weighted by molar-refractivity contribution is -0.976. The third kappa shape index (κ3) is 4.86. The second-order valence-corrected chi connectivity index (χ2v) is 9.68. The van der Waals surface area contributed by atoms with Crippen molar-refractivity contribution < 1.29 is 24.2 Å². The maximum atomic E-state index is 11.0. The smallest absolute Gasteiger partial charge is 0.213 e. The number of ether oxygens (including phenoxy) is 1. The third-order valence-corrected chi connectivity index (χ3v) is 6.94. The number of carbonyl (C=O) groups excluding carboxylic acids is 1. The lowest BCUT2D eigenvalue weighted by Gasteiger charge is -2.53. The predicted molar refractivity (Wildman–Crippen MR) is 117 cm³/mol. The van der Waals surface area contributed by atoms with Gasteiger partial charge < -0.3 is 29.5 Å². The van der Waals surface area contributed by atoms with Crippen molar-refractivity contribution in [3.8, 4) is 5.88 Å². The van der Waals surface area contributed by atoms with Crippen molar-refractivity contribution in [1.82, 2.24) is 15.3 Å². The van der Waals surface area contributed by atoms with Crippen molar-refractivity contribution in [1.29, 1.82) is 0 Å². The first-order valence-electron chi connectivity index (χ1n) is 10.5. The Kier molecular flexibility index (Phi) is 6.93. The fraction of sp³-hybridized carbons (Fsp3) is 0.591. The van der Waals surface area contributed by atoms with Gasteiger partial charge in [-0.1, -0.05) is 11.6 Å². The molecule has 0 spiro atoms. The lowest BCUT2D eigenvalue weighted by Crippen LogP contribution is -2.66. The lowest BCUT2D eigenvalue weighted by atomic mass is 9.88. The van der Waals surface area contributed by atoms with E-state index in [0.717, 1.165) is 23.1 Å². The predicted octanol–water partition coefficient (Wildman–Crippen LogP) is 2.08. The molecule has 1 fully saturated rings. The highest BCUT2D eigenvalue weighted by molar-refractivity contribution is 6.32. The van der Waals surface area contributed by atoms with Crippen LogP contribution in [0.5, 0.6) is 5.88 Å². The monoisotopic (exact) mass is 450 g/mol. The molecule has 0 bridgehead atoms. The Morgan fingerprint density at radius 3 is 2.61 bits per heavy atom. The number of fused-ring (bicyclic) bond motifs is 1. The number of carbonyl (C=O) groups is 1. The summed E-state index contributed by atoms with van der Waals surface area (Å²) in [5.41, 5.74) is 1.98. The number of aliphatic hydroxyl groups excluding tert-OH is 1. The molecule has 0 radical (unpaired) electrons. The molecule has 9 heteroatoms. The molecule has 1 atom stereocenters. The average molecular weight is 451 g/mol. The van der Waals surface area contributed by atoms with Crippen LogP contribution >= 0.6 is 11.6 Å². The molecule has 1 amide bonds. The Labute approximate surface area is 187 Å². The van der Waals surface area contributed by atoms with Gasteiger partial charge in [-0.2, -0.15) is 0 Å². The van der Waals surface area contributed by atoms with E-state index in [-0.39, 0.29) is 24.1 Å². The molecule has 2 aromatic rings. The molecule has 170 valence electrons. The highest BCUT2D eigenvalue weighted by atomic mass is 35.5. The number of carboxylic acid groups (broad SMARTS) is 1. The van der Waals surface area contributed by atoms with Gasteiger partial charge in [0.05, 0.1) is 60.9 Å². The molecular formula is C22H31ClN4O4. The molecule has 1 saturated heterocycles. The molecule has 2 N–H and O–H groups in total. The molecule has 1 unspecified atom stereocenters. The van der Waals surface area contributed by atoms with Gasteiger partial charge in [-0.25, -0.2) is 4.98 Å². The van der Waals surface area contributed by atoms with Gasteiger partial charge in [0.2, 0.25) is 5.88 Å². The third-order valence-electron chi connectivity index (χ3n) is 6.64. The summed E-state index contributed by atoms with van der Waals surface area (Å²) >= 11 is 6.59. The summed E-state index contributed by atoms with van der Waals surface area (Å²) in [4.78, 5) is 19.9. The summed E-state index contributed by atoms with van der Waals surface area (Å²) in [6, 6.07) is 3.47. The van der Waals surface area contributed by atoms with Crippen LogP contribution in [0.25, 0.3) is 11.0 Å². The number of nitrogens with zero attached hydrogens (tertiary/aromatic N) is 3. The number of nitrogens with one attached hydrogen (secondary N) is 1. The molecular weight excluding hydrogens is 420 g/mol. The second-order valence-electron chi connectivity index (χ2n) is 9.27. The van der Waals surface area contributed by atoms with Gasteiger partial charge in [0.15, 0.2) is 0 Å². The van der Waals surface area contributed by atoms with Crippen molar-refractivity contribution in [2.75, 3.05) is 33.4 Å². The first-order valence-corrected chi connectivity index (χ1v) is 10.9. The van der Waals surface area contributed by atoms with E-state index in [2.05, 4.69) is 36.1 Å². The van der Waals surface area contributed by atoms with Crippen LogP contribution in [0.4, 0.5) is 4.79 Å². The van der Waals surface area contributed by atoms with E-state index >= 15 is 0 Å². The standard InChI is InChI=1S/C22H31ClN4O4/c1-22(2,3)27(9-7-15(8-10-27)25-21(29)30)12-14(13-28)19-16(23)11-24-17-5-6-18(31-4)26-20(17)19/h5-6,11,14-15,25,28H,7-10,12-13H2,1-4H3. The molecule has 31 heavy (non-hydrogen) atoms. The number of piperidine rings is 1. The minimum Gasteiger partial charge on any atom is -0.530 e. The van der Waals surface area contributed by atoms with Crippen LogP contribution in [0.1, 0.15) is 45.1 Å². The van der Waals surface area contributed by atoms with E-state index in [1.54, 1.807) is 19.4 Å². The number of methoxy groups -OCH3 is 1. The average Bonchev–Trinajstić information content (AvgIpc) is 2.72. The van der Waals surface area contributed by atoms with Crippen molar-refractivity contribution in [3.63, 3.8) is 0 Å². The maximum absolute atomic E-state index is 11.0. The molecule has 0 aliphatic carbocycles. The van der Waals surface area contributed by atoms with Gasteiger partial charge in [-0.3, -0.25) is 4.98 Å². The minimum absolute atomic E-state index is 0.0888. The SMILES string of the molecule is COc1ccc2ncc(Cl)c(C(CO)C[N+]3(C(C)(C)C)CCC(NC(=O)[O-])CC3)c2n1. The fourth-order valence-corrected chi connectivity index (χ4v) is 5.00. The number of likely N-dealkylation sites (tertiary alicyclic amines) is 1. The Bertz CT molecular complexity index is 939. The van der Waals surface area contributed by atoms with Crippen LogP contribution in [0.15, 0.2) is 18.3 Å². The fourth-order valence-electron chi connectivity index (χ4n) is 4.71. The topological polar surface area (TPSA) is 107 Å². The first kappa shape index (κ1) is 23.5. The van der Waals surface area contributed by atoms with E-state index in [4.69, 9.17) is 16.3 Å². The van der Waals surface area contributed by atoms with Crippen LogP contribution in [-0.4, -0.2) is 70.6 Å². The van der Waals surface area contributed by atoms with Crippen LogP contribution in [0.3, 0.4) is 0 Å². The molecule has 0 aromatic carbocycles. The van der Waals surface area contributed by atoms with Crippen molar-refractivity contribution in [3.05, 3.63) is 28.9 Å². The number of hydrogen-bond acceptors (Lipinski definition) is 6. The summed E-state index contributed by atoms with van der Waals surface area (Å²) < 4.78 is 6.02. The Morgan fingerprint density at radius 2 is 2.06 bits per heavy atom. The summed E-state index contributed by atoms with van der Waals surface area (Å²) in [7, 11) is 1.56. The molecule has 1 aliphatic rings. The van der Waals surface area contributed by atoms with E-state index in [0.29, 0.717) is 41.3 Å². The van der Waals surface area contributed by atoms with Gasteiger partial charge >= 0.3 is 0 Å². The Balaban J connectivity index is 1.98. The van der Waals surface area contributed by atoms with Gasteiger partial charge in [0.25, 0.3) is 0 Å². The zero-order valence-corrected chi connectivity index (χ0v) is 19.3. The zero-order chi connectivity index (χ0) is 22.8. The van der Waals surface area contributed by atoms with Crippen molar-refractivity contribution in [2.24, 2.45) is 0 Å². The van der Waals surface area contributed by atoms with Gasteiger partial charge in [-0.05, 0) is 26.8 Å². The van der Waals surface area contributed by atoms with Crippen LogP contribution < -0.4 is 15.2 Å². The minimum atomic E-state index is -1.23. The zero-order valence-electron chi connectivity index (χ0n) is 18.5. The van der Waals surface area contributed by atoms with Gasteiger partial charge in [-0.15, -0.1) is 0 Å². The van der Waals surface area contributed by atoms with E-state index in [1.807, 2.05) is 6.07 Å². The normalized spacial score (nSPS) is 22.8. The van der Waals surface area contributed by atoms with Crippen LogP contribution in [0.2, 0.25) is 5.02 Å². The van der Waals surface area contributed by atoms with Crippen molar-refractivity contribution in [2.45, 2.75) is 51.1 Å². The maximum Gasteiger partial charge on any atom is 0.213 e. The number of rotatable bonds is 6. The number of quaternary nitrogens is 1. The number of aliphatic hydroxyl groups is 1. The number of hydrogen-bond donors (Lipinski definition) is 2. The molecule has 8 nitrogen and oxygen atoms in total. The summed E-state index contributed by atoms with van der Waals surface area (Å²) in [6.45, 7) is 8.67. The van der Waals surface area contributed by atoms with E-state index in [1.165, 1.54) is 0 Å². The molecule has 3 rings (SSSR count). The Morgan fingerprint density at radius 1 is 1.39 bits per heavy atom. The van der Waals surface area contributed by atoms with Crippen molar-refractivity contribution >= 4 is 28.7 Å². The number of amides is 1.